The fourth-order valence-corrected chi connectivity index (χ4v) is 1.23. The Morgan fingerprint density at radius 2 is 2.11 bits per heavy atom. The Balaban J connectivity index is 2.78. The zero-order valence-corrected chi connectivity index (χ0v) is 11.2. The number of benzene rings is 1. The molecule has 1 unspecified atom stereocenters. The van der Waals surface area contributed by atoms with Gasteiger partial charge < -0.3 is 9.84 Å². The van der Waals surface area contributed by atoms with Crippen molar-refractivity contribution in [2.24, 2.45) is 5.92 Å². The smallest absolute Gasteiger partial charge is 0.165 e. The average Bonchev–Trinajstić information content (AvgIpc) is 2.26. The highest BCUT2D eigenvalue weighted by atomic mass is 19.1. The van der Waals surface area contributed by atoms with E-state index in [9.17, 15) is 14.3 Å². The van der Waals surface area contributed by atoms with Crippen LogP contribution in [-0.4, -0.2) is 23.1 Å². The molecule has 1 N–H and O–H groups in total. The van der Waals surface area contributed by atoms with E-state index in [0.29, 0.717) is 5.56 Å². The summed E-state index contributed by atoms with van der Waals surface area (Å²) in [5.41, 5.74) is -0.721. The molecule has 0 bridgehead atoms. The summed E-state index contributed by atoms with van der Waals surface area (Å²) in [5.74, 6) is -0.755. The van der Waals surface area contributed by atoms with Gasteiger partial charge in [0.15, 0.2) is 17.3 Å². The van der Waals surface area contributed by atoms with Crippen molar-refractivity contribution >= 4 is 5.78 Å². The SMILES string of the molecule is CC(=O)c1ccc(OCC(C)(O)C(C)C)c(F)c1. The van der Waals surface area contributed by atoms with Gasteiger partial charge in [-0.05, 0) is 38.0 Å². The van der Waals surface area contributed by atoms with Crippen molar-refractivity contribution in [2.45, 2.75) is 33.3 Å². The molecule has 0 radical (unpaired) electrons. The van der Waals surface area contributed by atoms with Gasteiger partial charge in [-0.2, -0.15) is 0 Å². The van der Waals surface area contributed by atoms with Crippen LogP contribution in [0.25, 0.3) is 0 Å². The molecule has 0 fully saturated rings. The molecule has 1 rings (SSSR count). The van der Waals surface area contributed by atoms with Gasteiger partial charge in [0.2, 0.25) is 0 Å². The monoisotopic (exact) mass is 254 g/mol. The summed E-state index contributed by atoms with van der Waals surface area (Å²) >= 11 is 0. The van der Waals surface area contributed by atoms with Crippen LogP contribution in [0, 0.1) is 11.7 Å². The van der Waals surface area contributed by atoms with Gasteiger partial charge in [-0.25, -0.2) is 4.39 Å². The number of hydrogen-bond donors (Lipinski definition) is 1. The normalized spacial score (nSPS) is 14.4. The quantitative estimate of drug-likeness (QED) is 0.822. The Hall–Kier alpha value is -1.42. The Labute approximate surface area is 107 Å². The topological polar surface area (TPSA) is 46.5 Å². The van der Waals surface area contributed by atoms with Gasteiger partial charge in [0, 0.05) is 5.56 Å². The molecule has 1 aromatic carbocycles. The van der Waals surface area contributed by atoms with Crippen molar-refractivity contribution in [3.05, 3.63) is 29.6 Å². The molecule has 4 heteroatoms. The van der Waals surface area contributed by atoms with Crippen LogP contribution in [0.15, 0.2) is 18.2 Å². The maximum absolute atomic E-state index is 13.6. The highest BCUT2D eigenvalue weighted by molar-refractivity contribution is 5.94. The van der Waals surface area contributed by atoms with Crippen molar-refractivity contribution in [1.29, 1.82) is 0 Å². The number of ketones is 1. The highest BCUT2D eigenvalue weighted by Crippen LogP contribution is 2.22. The molecule has 3 nitrogen and oxygen atoms in total. The highest BCUT2D eigenvalue weighted by Gasteiger charge is 2.26. The molecule has 0 aliphatic heterocycles. The average molecular weight is 254 g/mol. The Morgan fingerprint density at radius 1 is 1.50 bits per heavy atom. The fraction of sp³-hybridized carbons (Fsp3) is 0.500. The number of Topliss-reactive ketones (excluding diaryl/α,β-unsaturated/α-hetero) is 1. The van der Waals surface area contributed by atoms with Crippen LogP contribution in [0.3, 0.4) is 0 Å². The predicted octanol–water partition coefficient (Wildman–Crippen LogP) is 2.81. The lowest BCUT2D eigenvalue weighted by Gasteiger charge is -2.27. The molecule has 0 aromatic heterocycles. The van der Waals surface area contributed by atoms with E-state index in [1.54, 1.807) is 6.92 Å². The van der Waals surface area contributed by atoms with Crippen molar-refractivity contribution in [1.82, 2.24) is 0 Å². The van der Waals surface area contributed by atoms with Crippen molar-refractivity contribution in [2.75, 3.05) is 6.61 Å². The summed E-state index contributed by atoms with van der Waals surface area (Å²) in [4.78, 5) is 11.1. The molecule has 0 aliphatic rings. The van der Waals surface area contributed by atoms with E-state index < -0.39 is 11.4 Å². The number of carbonyl (C=O) groups excluding carboxylic acids is 1. The second-order valence-corrected chi connectivity index (χ2v) is 5.00. The van der Waals surface area contributed by atoms with Crippen LogP contribution in [0.1, 0.15) is 38.1 Å². The number of rotatable bonds is 5. The molecule has 0 heterocycles. The number of halogens is 1. The third-order valence-electron chi connectivity index (χ3n) is 3.10. The van der Waals surface area contributed by atoms with Crippen molar-refractivity contribution in [3.63, 3.8) is 0 Å². The van der Waals surface area contributed by atoms with Gasteiger partial charge in [0.05, 0.1) is 5.60 Å². The molecule has 0 saturated carbocycles. The predicted molar refractivity (Wildman–Crippen MR) is 67.4 cm³/mol. The maximum atomic E-state index is 13.6. The molecule has 0 aliphatic carbocycles. The van der Waals surface area contributed by atoms with Gasteiger partial charge in [-0.3, -0.25) is 4.79 Å². The molecular formula is C14H19FO3. The Morgan fingerprint density at radius 3 is 2.56 bits per heavy atom. The second kappa shape index (κ2) is 5.48. The van der Waals surface area contributed by atoms with E-state index in [0.717, 1.165) is 6.07 Å². The van der Waals surface area contributed by atoms with Gasteiger partial charge in [-0.15, -0.1) is 0 Å². The van der Waals surface area contributed by atoms with E-state index in [-0.39, 0.29) is 24.1 Å². The summed E-state index contributed by atoms with van der Waals surface area (Å²) in [7, 11) is 0. The third-order valence-corrected chi connectivity index (χ3v) is 3.10. The number of carbonyl (C=O) groups is 1. The van der Waals surface area contributed by atoms with Crippen molar-refractivity contribution < 1.29 is 19.0 Å². The minimum atomic E-state index is -1.02. The Bertz CT molecular complexity index is 439. The van der Waals surface area contributed by atoms with Gasteiger partial charge in [-0.1, -0.05) is 13.8 Å². The molecule has 0 amide bonds. The first-order chi connectivity index (χ1) is 8.24. The van der Waals surface area contributed by atoms with Gasteiger partial charge >= 0.3 is 0 Å². The first-order valence-corrected chi connectivity index (χ1v) is 5.89. The lowest BCUT2D eigenvalue weighted by atomic mass is 9.94. The van der Waals surface area contributed by atoms with Crippen LogP contribution in [-0.2, 0) is 0 Å². The van der Waals surface area contributed by atoms with Crippen LogP contribution in [0.4, 0.5) is 4.39 Å². The van der Waals surface area contributed by atoms with E-state index >= 15 is 0 Å². The summed E-state index contributed by atoms with van der Waals surface area (Å²) in [6.07, 6.45) is 0. The summed E-state index contributed by atoms with van der Waals surface area (Å²) in [5, 5.41) is 9.99. The van der Waals surface area contributed by atoms with Crippen molar-refractivity contribution in [3.8, 4) is 5.75 Å². The van der Waals surface area contributed by atoms with E-state index in [1.807, 2.05) is 13.8 Å². The molecule has 1 aromatic rings. The zero-order chi connectivity index (χ0) is 13.9. The molecule has 1 atom stereocenters. The largest absolute Gasteiger partial charge is 0.488 e. The fourth-order valence-electron chi connectivity index (χ4n) is 1.23. The van der Waals surface area contributed by atoms with E-state index in [4.69, 9.17) is 4.74 Å². The lowest BCUT2D eigenvalue weighted by Crippen LogP contribution is -2.37. The summed E-state index contributed by atoms with van der Waals surface area (Å²) in [6, 6.07) is 4.05. The first-order valence-electron chi connectivity index (χ1n) is 5.89. The summed E-state index contributed by atoms with van der Waals surface area (Å²) in [6.45, 7) is 6.73. The van der Waals surface area contributed by atoms with Crippen LogP contribution >= 0.6 is 0 Å². The Kier molecular flexibility index (Phi) is 4.46. The van der Waals surface area contributed by atoms with E-state index in [2.05, 4.69) is 0 Å². The first kappa shape index (κ1) is 14.6. The second-order valence-electron chi connectivity index (χ2n) is 5.00. The minimum absolute atomic E-state index is 0.000997. The van der Waals surface area contributed by atoms with Crippen LogP contribution in [0.2, 0.25) is 0 Å². The van der Waals surface area contributed by atoms with Crippen LogP contribution < -0.4 is 4.74 Å². The zero-order valence-electron chi connectivity index (χ0n) is 11.2. The molecule has 100 valence electrons. The number of aliphatic hydroxyl groups is 1. The molecule has 0 spiro atoms. The molecule has 18 heavy (non-hydrogen) atoms. The lowest BCUT2D eigenvalue weighted by molar-refractivity contribution is -0.0275. The summed E-state index contributed by atoms with van der Waals surface area (Å²) < 4.78 is 18.9. The third kappa shape index (κ3) is 3.53. The van der Waals surface area contributed by atoms with Crippen LogP contribution in [0.5, 0.6) is 5.75 Å². The minimum Gasteiger partial charge on any atom is -0.488 e. The van der Waals surface area contributed by atoms with E-state index in [1.165, 1.54) is 19.1 Å². The molecular weight excluding hydrogens is 235 g/mol. The number of ether oxygens (including phenoxy) is 1. The molecule has 0 saturated heterocycles. The number of hydrogen-bond acceptors (Lipinski definition) is 3. The van der Waals surface area contributed by atoms with Gasteiger partial charge in [0.1, 0.15) is 6.61 Å². The standard InChI is InChI=1S/C14H19FO3/c1-9(2)14(4,17)8-18-13-6-5-11(10(3)16)7-12(13)15/h5-7,9,17H,8H2,1-4H3. The van der Waals surface area contributed by atoms with Gasteiger partial charge in [0.25, 0.3) is 0 Å². The maximum Gasteiger partial charge on any atom is 0.165 e.